The van der Waals surface area contributed by atoms with Gasteiger partial charge < -0.3 is 10.0 Å². The van der Waals surface area contributed by atoms with E-state index in [2.05, 4.69) is 0 Å². The van der Waals surface area contributed by atoms with Crippen molar-refractivity contribution in [2.75, 3.05) is 7.05 Å². The van der Waals surface area contributed by atoms with Crippen molar-refractivity contribution in [2.45, 2.75) is 6.54 Å². The molecule has 1 N–H and O–H groups in total. The average Bonchev–Trinajstić information content (AvgIpc) is 2.41. The third-order valence-electron chi connectivity index (χ3n) is 2.85. The van der Waals surface area contributed by atoms with E-state index in [0.717, 1.165) is 9.13 Å². The standard InChI is InChI=1S/C15H13ClINO2/c1-18(9-10-3-2-4-12(16)7-10)15(20)11-5-6-13(17)14(19)8-11/h2-8,19H,9H2,1H3. The largest absolute Gasteiger partial charge is 0.507 e. The fraction of sp³-hybridized carbons (Fsp3) is 0.133. The fourth-order valence-electron chi connectivity index (χ4n) is 1.85. The molecule has 0 unspecified atom stereocenters. The van der Waals surface area contributed by atoms with Crippen molar-refractivity contribution in [1.82, 2.24) is 4.90 Å². The Morgan fingerprint density at radius 2 is 2.05 bits per heavy atom. The molecular weight excluding hydrogens is 389 g/mol. The van der Waals surface area contributed by atoms with E-state index >= 15 is 0 Å². The molecule has 20 heavy (non-hydrogen) atoms. The third-order valence-corrected chi connectivity index (χ3v) is 4.00. The highest BCUT2D eigenvalue weighted by Crippen LogP contribution is 2.21. The molecular formula is C15H13ClINO2. The van der Waals surface area contributed by atoms with E-state index in [9.17, 15) is 9.90 Å². The Morgan fingerprint density at radius 1 is 1.30 bits per heavy atom. The summed E-state index contributed by atoms with van der Waals surface area (Å²) in [5.74, 6) is -0.0238. The van der Waals surface area contributed by atoms with E-state index in [4.69, 9.17) is 11.6 Å². The van der Waals surface area contributed by atoms with E-state index in [1.807, 2.05) is 40.8 Å². The lowest BCUT2D eigenvalue weighted by atomic mass is 10.1. The maximum Gasteiger partial charge on any atom is 0.254 e. The van der Waals surface area contributed by atoms with Gasteiger partial charge in [-0.05, 0) is 58.5 Å². The van der Waals surface area contributed by atoms with Crippen molar-refractivity contribution in [3.8, 4) is 5.75 Å². The van der Waals surface area contributed by atoms with E-state index in [-0.39, 0.29) is 11.7 Å². The number of nitrogens with zero attached hydrogens (tertiary/aromatic N) is 1. The molecule has 0 heterocycles. The summed E-state index contributed by atoms with van der Waals surface area (Å²) in [5, 5.41) is 10.3. The Labute approximate surface area is 136 Å². The Morgan fingerprint density at radius 3 is 2.70 bits per heavy atom. The zero-order chi connectivity index (χ0) is 14.7. The van der Waals surface area contributed by atoms with Crippen LogP contribution in [0.4, 0.5) is 0 Å². The number of halogens is 2. The van der Waals surface area contributed by atoms with Gasteiger partial charge in [0, 0.05) is 24.2 Å². The predicted octanol–water partition coefficient (Wildman–Crippen LogP) is 3.92. The molecule has 0 fully saturated rings. The van der Waals surface area contributed by atoms with Crippen LogP contribution in [0.15, 0.2) is 42.5 Å². The third kappa shape index (κ3) is 3.64. The van der Waals surface area contributed by atoms with E-state index in [1.54, 1.807) is 30.1 Å². The topological polar surface area (TPSA) is 40.5 Å². The summed E-state index contributed by atoms with van der Waals surface area (Å²) in [6.45, 7) is 0.464. The number of phenols is 1. The molecule has 0 saturated heterocycles. The highest BCUT2D eigenvalue weighted by atomic mass is 127. The number of phenolic OH excluding ortho intramolecular Hbond substituents is 1. The zero-order valence-corrected chi connectivity index (χ0v) is 13.7. The van der Waals surface area contributed by atoms with Crippen LogP contribution in [0.3, 0.4) is 0 Å². The minimum atomic E-state index is -0.142. The van der Waals surface area contributed by atoms with Crippen molar-refractivity contribution < 1.29 is 9.90 Å². The van der Waals surface area contributed by atoms with E-state index in [0.29, 0.717) is 17.1 Å². The first-order valence-corrected chi connectivity index (χ1v) is 7.41. The molecule has 0 atom stereocenters. The first-order chi connectivity index (χ1) is 9.47. The predicted molar refractivity (Wildman–Crippen MR) is 88.1 cm³/mol. The van der Waals surface area contributed by atoms with Gasteiger partial charge >= 0.3 is 0 Å². The minimum absolute atomic E-state index is 0.118. The summed E-state index contributed by atoms with van der Waals surface area (Å²) in [7, 11) is 1.72. The number of amides is 1. The molecule has 2 aromatic rings. The highest BCUT2D eigenvalue weighted by molar-refractivity contribution is 14.1. The lowest BCUT2D eigenvalue weighted by molar-refractivity contribution is 0.0784. The van der Waals surface area contributed by atoms with Crippen LogP contribution in [0.1, 0.15) is 15.9 Å². The number of carbonyl (C=O) groups is 1. The molecule has 0 aliphatic rings. The van der Waals surface area contributed by atoms with Crippen LogP contribution in [0, 0.1) is 3.57 Å². The fourth-order valence-corrected chi connectivity index (χ4v) is 2.40. The normalized spacial score (nSPS) is 10.3. The molecule has 104 valence electrons. The summed E-state index contributed by atoms with van der Waals surface area (Å²) in [5.41, 5.74) is 1.43. The monoisotopic (exact) mass is 401 g/mol. The highest BCUT2D eigenvalue weighted by Gasteiger charge is 2.13. The first kappa shape index (κ1) is 15.1. The van der Waals surface area contributed by atoms with Gasteiger partial charge in [-0.25, -0.2) is 0 Å². The summed E-state index contributed by atoms with van der Waals surface area (Å²) in [6.07, 6.45) is 0. The van der Waals surface area contributed by atoms with Crippen molar-refractivity contribution in [2.24, 2.45) is 0 Å². The molecule has 3 nitrogen and oxygen atoms in total. The summed E-state index contributed by atoms with van der Waals surface area (Å²) < 4.78 is 0.719. The average molecular weight is 402 g/mol. The van der Waals surface area contributed by atoms with Crippen LogP contribution >= 0.6 is 34.2 Å². The molecule has 2 aromatic carbocycles. The van der Waals surface area contributed by atoms with Gasteiger partial charge in [0.1, 0.15) is 5.75 Å². The van der Waals surface area contributed by atoms with Crippen molar-refractivity contribution in [3.05, 3.63) is 62.2 Å². The molecule has 2 rings (SSSR count). The van der Waals surface area contributed by atoms with Gasteiger partial charge in [0.25, 0.3) is 5.91 Å². The van der Waals surface area contributed by atoms with Crippen molar-refractivity contribution >= 4 is 40.1 Å². The lowest BCUT2D eigenvalue weighted by Crippen LogP contribution is -2.26. The molecule has 1 amide bonds. The van der Waals surface area contributed by atoms with E-state index in [1.165, 1.54) is 6.07 Å². The van der Waals surface area contributed by atoms with Crippen LogP contribution in [0.5, 0.6) is 5.75 Å². The number of carbonyl (C=O) groups excluding carboxylic acids is 1. The SMILES string of the molecule is CN(Cc1cccc(Cl)c1)C(=O)c1ccc(I)c(O)c1. The summed E-state index contributed by atoms with van der Waals surface area (Å²) in [6, 6.07) is 12.3. The molecule has 0 aliphatic heterocycles. The quantitative estimate of drug-likeness (QED) is 0.792. The van der Waals surface area contributed by atoms with Crippen LogP contribution in [-0.2, 0) is 6.54 Å². The number of rotatable bonds is 3. The number of benzene rings is 2. The molecule has 0 aromatic heterocycles. The smallest absolute Gasteiger partial charge is 0.254 e. The Hall–Kier alpha value is -1.27. The van der Waals surface area contributed by atoms with Crippen LogP contribution < -0.4 is 0 Å². The maximum absolute atomic E-state index is 12.3. The van der Waals surface area contributed by atoms with Gasteiger partial charge in [-0.3, -0.25) is 4.79 Å². The summed E-state index contributed by atoms with van der Waals surface area (Å²) >= 11 is 7.94. The molecule has 0 aliphatic carbocycles. The van der Waals surface area contributed by atoms with Gasteiger partial charge in [0.15, 0.2) is 0 Å². The van der Waals surface area contributed by atoms with E-state index < -0.39 is 0 Å². The van der Waals surface area contributed by atoms with Gasteiger partial charge in [-0.15, -0.1) is 0 Å². The Balaban J connectivity index is 2.14. The zero-order valence-electron chi connectivity index (χ0n) is 10.8. The molecule has 0 radical (unpaired) electrons. The van der Waals surface area contributed by atoms with Crippen LogP contribution in [-0.4, -0.2) is 23.0 Å². The van der Waals surface area contributed by atoms with Gasteiger partial charge in [-0.1, -0.05) is 23.7 Å². The molecule has 0 bridgehead atoms. The first-order valence-electron chi connectivity index (χ1n) is 5.96. The van der Waals surface area contributed by atoms with Gasteiger partial charge in [0.2, 0.25) is 0 Å². The number of hydrogen-bond donors (Lipinski definition) is 1. The molecule has 0 spiro atoms. The Bertz CT molecular complexity index is 646. The minimum Gasteiger partial charge on any atom is -0.507 e. The Kier molecular flexibility index (Phi) is 4.88. The maximum atomic E-state index is 12.3. The second-order valence-electron chi connectivity index (χ2n) is 4.46. The van der Waals surface area contributed by atoms with Crippen LogP contribution in [0.25, 0.3) is 0 Å². The van der Waals surface area contributed by atoms with Gasteiger partial charge in [-0.2, -0.15) is 0 Å². The lowest BCUT2D eigenvalue weighted by Gasteiger charge is -2.17. The van der Waals surface area contributed by atoms with Crippen LogP contribution in [0.2, 0.25) is 5.02 Å². The second kappa shape index (κ2) is 6.45. The number of hydrogen-bond acceptors (Lipinski definition) is 2. The molecule has 5 heteroatoms. The van der Waals surface area contributed by atoms with Crippen molar-refractivity contribution in [1.29, 1.82) is 0 Å². The van der Waals surface area contributed by atoms with Crippen molar-refractivity contribution in [3.63, 3.8) is 0 Å². The summed E-state index contributed by atoms with van der Waals surface area (Å²) in [4.78, 5) is 13.9. The second-order valence-corrected chi connectivity index (χ2v) is 6.06. The van der Waals surface area contributed by atoms with Gasteiger partial charge in [0.05, 0.1) is 3.57 Å². The number of aromatic hydroxyl groups is 1. The molecule has 0 saturated carbocycles.